The Labute approximate surface area is 202 Å². The van der Waals surface area contributed by atoms with Crippen LogP contribution in [-0.4, -0.2) is 32.3 Å². The van der Waals surface area contributed by atoms with E-state index in [9.17, 15) is 9.59 Å². The molecular formula is C27H48O6. The molecule has 0 heterocycles. The molecule has 0 saturated carbocycles. The van der Waals surface area contributed by atoms with E-state index >= 15 is 0 Å². The van der Waals surface area contributed by atoms with Crippen LogP contribution in [0.5, 0.6) is 0 Å². The summed E-state index contributed by atoms with van der Waals surface area (Å²) in [6.07, 6.45) is 25.8. The summed E-state index contributed by atoms with van der Waals surface area (Å²) in [7, 11) is 2.89. The van der Waals surface area contributed by atoms with Gasteiger partial charge in [0.25, 0.3) is 0 Å². The Hall–Kier alpha value is -2.20. The minimum Gasteiger partial charge on any atom is -0.469 e. The van der Waals surface area contributed by atoms with E-state index in [1.165, 1.54) is 72.0 Å². The highest BCUT2D eigenvalue weighted by Gasteiger charge is 1.99. The molecule has 0 atom stereocenters. The third-order valence-electron chi connectivity index (χ3n) is 4.90. The summed E-state index contributed by atoms with van der Waals surface area (Å²) < 4.78 is 9.15. The third kappa shape index (κ3) is 40.7. The molecule has 0 aliphatic carbocycles. The number of rotatable bonds is 19. The SMILES string of the molecule is C=CCCCCCCCCC(=O)OC.CCC=CCCCCCCCCC(=O)OC.O=C=O. The number of carbonyl (C=O) groups is 2. The maximum Gasteiger partial charge on any atom is 0.373 e. The smallest absolute Gasteiger partial charge is 0.373 e. The van der Waals surface area contributed by atoms with Gasteiger partial charge in [0.05, 0.1) is 14.2 Å². The Bertz CT molecular complexity index is 493. The van der Waals surface area contributed by atoms with Crippen molar-refractivity contribution in [3.8, 4) is 0 Å². The summed E-state index contributed by atoms with van der Waals surface area (Å²) in [6, 6.07) is 0. The number of carbonyl (C=O) groups excluding carboxylic acids is 4. The van der Waals surface area contributed by atoms with Gasteiger partial charge < -0.3 is 9.47 Å². The Morgan fingerprint density at radius 3 is 1.39 bits per heavy atom. The monoisotopic (exact) mass is 468 g/mol. The summed E-state index contributed by atoms with van der Waals surface area (Å²) >= 11 is 0. The first-order chi connectivity index (χ1) is 16.0. The van der Waals surface area contributed by atoms with Gasteiger partial charge in [0.1, 0.15) is 0 Å². The van der Waals surface area contributed by atoms with Crippen LogP contribution < -0.4 is 0 Å². The Morgan fingerprint density at radius 1 is 0.667 bits per heavy atom. The highest BCUT2D eigenvalue weighted by atomic mass is 16.5. The zero-order valence-electron chi connectivity index (χ0n) is 21.4. The van der Waals surface area contributed by atoms with Crippen molar-refractivity contribution in [2.24, 2.45) is 0 Å². The van der Waals surface area contributed by atoms with Gasteiger partial charge in [0, 0.05) is 12.8 Å². The lowest BCUT2D eigenvalue weighted by Gasteiger charge is -2.00. The van der Waals surface area contributed by atoms with Crippen molar-refractivity contribution >= 4 is 18.1 Å². The van der Waals surface area contributed by atoms with E-state index in [2.05, 4.69) is 35.1 Å². The molecule has 0 aromatic rings. The van der Waals surface area contributed by atoms with Crippen LogP contribution in [0.4, 0.5) is 0 Å². The minimum atomic E-state index is -0.0864. The average Bonchev–Trinajstić information content (AvgIpc) is 2.82. The highest BCUT2D eigenvalue weighted by molar-refractivity contribution is 5.69. The largest absolute Gasteiger partial charge is 0.469 e. The molecule has 0 N–H and O–H groups in total. The number of ether oxygens (including phenoxy) is 2. The summed E-state index contributed by atoms with van der Waals surface area (Å²) in [5.41, 5.74) is 0. The molecule has 0 saturated heterocycles. The lowest BCUT2D eigenvalue weighted by atomic mass is 10.1. The fraction of sp³-hybridized carbons (Fsp3) is 0.741. The van der Waals surface area contributed by atoms with Crippen LogP contribution in [0, 0.1) is 0 Å². The van der Waals surface area contributed by atoms with Gasteiger partial charge >= 0.3 is 18.1 Å². The number of hydrogen-bond donors (Lipinski definition) is 0. The van der Waals surface area contributed by atoms with Gasteiger partial charge in [-0.3, -0.25) is 9.59 Å². The molecule has 0 radical (unpaired) electrons. The molecule has 33 heavy (non-hydrogen) atoms. The number of methoxy groups -OCH3 is 2. The predicted octanol–water partition coefficient (Wildman–Crippen LogP) is 7.13. The van der Waals surface area contributed by atoms with Gasteiger partial charge in [0.2, 0.25) is 0 Å². The van der Waals surface area contributed by atoms with Crippen molar-refractivity contribution in [1.29, 1.82) is 0 Å². The van der Waals surface area contributed by atoms with Gasteiger partial charge in [-0.25, -0.2) is 0 Å². The number of unbranched alkanes of at least 4 members (excludes halogenated alkanes) is 12. The van der Waals surface area contributed by atoms with Crippen molar-refractivity contribution in [3.63, 3.8) is 0 Å². The van der Waals surface area contributed by atoms with Gasteiger partial charge in [-0.05, 0) is 44.9 Å². The van der Waals surface area contributed by atoms with Gasteiger partial charge in [-0.2, -0.15) is 9.59 Å². The molecule has 0 unspecified atom stereocenters. The number of hydrogen-bond acceptors (Lipinski definition) is 6. The lowest BCUT2D eigenvalue weighted by Crippen LogP contribution is -1.99. The molecule has 0 spiro atoms. The van der Waals surface area contributed by atoms with Crippen LogP contribution in [-0.2, 0) is 28.7 Å². The van der Waals surface area contributed by atoms with Crippen molar-refractivity contribution < 1.29 is 28.7 Å². The molecule has 192 valence electrons. The molecule has 6 heteroatoms. The van der Waals surface area contributed by atoms with E-state index in [4.69, 9.17) is 9.59 Å². The normalized spacial score (nSPS) is 9.67. The zero-order valence-corrected chi connectivity index (χ0v) is 21.4. The summed E-state index contributed by atoms with van der Waals surface area (Å²) in [5, 5.41) is 0. The van der Waals surface area contributed by atoms with E-state index in [1.807, 2.05) is 6.08 Å². The Balaban J connectivity index is -0.000000490. The lowest BCUT2D eigenvalue weighted by molar-refractivity contribution is -0.191. The standard InChI is InChI=1S/C14H26O2.C12H22O2.CO2/c1-3-4-5-6-7-8-9-10-11-12-13-14(15)16-2;1-3-4-5-6-7-8-9-10-11-12(13)14-2;2-1-3/h4-5H,3,6-13H2,1-2H3;3H,1,4-11H2,2H3;. The van der Waals surface area contributed by atoms with E-state index < -0.39 is 0 Å². The first-order valence-corrected chi connectivity index (χ1v) is 12.4. The second-order valence-corrected chi connectivity index (χ2v) is 7.72. The summed E-state index contributed by atoms with van der Waals surface area (Å²) in [5.74, 6) is -0.165. The second-order valence-electron chi connectivity index (χ2n) is 7.72. The van der Waals surface area contributed by atoms with Crippen molar-refractivity contribution in [2.45, 2.75) is 116 Å². The van der Waals surface area contributed by atoms with Crippen molar-refractivity contribution in [1.82, 2.24) is 0 Å². The number of allylic oxidation sites excluding steroid dienone is 3. The van der Waals surface area contributed by atoms with E-state index in [1.54, 1.807) is 0 Å². The quantitative estimate of drug-likeness (QED) is 0.114. The fourth-order valence-electron chi connectivity index (χ4n) is 2.99. The van der Waals surface area contributed by atoms with Gasteiger partial charge in [-0.1, -0.05) is 76.5 Å². The Morgan fingerprint density at radius 2 is 1.03 bits per heavy atom. The predicted molar refractivity (Wildman–Crippen MR) is 133 cm³/mol. The van der Waals surface area contributed by atoms with Crippen molar-refractivity contribution in [2.75, 3.05) is 14.2 Å². The highest BCUT2D eigenvalue weighted by Crippen LogP contribution is 2.10. The molecule has 0 bridgehead atoms. The molecule has 0 amide bonds. The summed E-state index contributed by atoms with van der Waals surface area (Å²) in [4.78, 5) is 37.8. The van der Waals surface area contributed by atoms with E-state index in [0.717, 1.165) is 38.5 Å². The molecule has 0 aromatic heterocycles. The molecule has 0 aliphatic rings. The second kappa shape index (κ2) is 34.4. The molecule has 6 nitrogen and oxygen atoms in total. The topological polar surface area (TPSA) is 86.7 Å². The van der Waals surface area contributed by atoms with Crippen LogP contribution in [0.25, 0.3) is 0 Å². The third-order valence-corrected chi connectivity index (χ3v) is 4.90. The maximum atomic E-state index is 10.8. The van der Waals surface area contributed by atoms with Crippen LogP contribution in [0.2, 0.25) is 0 Å². The zero-order chi connectivity index (χ0) is 25.4. The van der Waals surface area contributed by atoms with E-state index in [-0.39, 0.29) is 18.1 Å². The summed E-state index contributed by atoms with van der Waals surface area (Å²) in [6.45, 7) is 5.85. The first-order valence-electron chi connectivity index (χ1n) is 12.4. The van der Waals surface area contributed by atoms with Gasteiger partial charge in [-0.15, -0.1) is 6.58 Å². The van der Waals surface area contributed by atoms with E-state index in [0.29, 0.717) is 12.8 Å². The van der Waals surface area contributed by atoms with Crippen LogP contribution >= 0.6 is 0 Å². The minimum absolute atomic E-state index is 0.0790. The van der Waals surface area contributed by atoms with Crippen LogP contribution in [0.1, 0.15) is 116 Å². The first kappa shape index (κ1) is 35.4. The van der Waals surface area contributed by atoms with Crippen LogP contribution in [0.15, 0.2) is 24.8 Å². The average molecular weight is 469 g/mol. The Kier molecular flexibility index (Phi) is 36.9. The maximum absolute atomic E-state index is 10.8. The molecule has 0 fully saturated rings. The fourth-order valence-corrected chi connectivity index (χ4v) is 2.99. The van der Waals surface area contributed by atoms with Crippen LogP contribution in [0.3, 0.4) is 0 Å². The molecule has 0 aromatic carbocycles. The van der Waals surface area contributed by atoms with Crippen molar-refractivity contribution in [3.05, 3.63) is 24.8 Å². The van der Waals surface area contributed by atoms with Gasteiger partial charge in [0.15, 0.2) is 0 Å². The molecule has 0 rings (SSSR count). The molecular weight excluding hydrogens is 420 g/mol. The molecule has 0 aliphatic heterocycles. The number of esters is 2.